The van der Waals surface area contributed by atoms with Gasteiger partial charge in [-0.1, -0.05) is 55.1 Å². The van der Waals surface area contributed by atoms with Crippen molar-refractivity contribution in [2.45, 2.75) is 6.92 Å². The number of nitrogens with zero attached hydrogens (tertiary/aromatic N) is 2. The molecule has 2 N–H and O–H groups in total. The van der Waals surface area contributed by atoms with E-state index in [9.17, 15) is 10.2 Å². The highest BCUT2D eigenvalue weighted by Crippen LogP contribution is 2.32. The summed E-state index contributed by atoms with van der Waals surface area (Å²) >= 11 is 18.6. The third-order valence-electron chi connectivity index (χ3n) is 3.99. The molecular weight excluding hydrogens is 543 g/mol. The quantitative estimate of drug-likeness (QED) is 0.323. The minimum Gasteiger partial charge on any atom is -0.506 e. The Balaban J connectivity index is 1.84. The first-order chi connectivity index (χ1) is 13.7. The lowest BCUT2D eigenvalue weighted by molar-refractivity contribution is 0.474. The maximum atomic E-state index is 10.1. The second-order valence-electron chi connectivity index (χ2n) is 6.14. The van der Waals surface area contributed by atoms with Gasteiger partial charge >= 0.3 is 0 Å². The van der Waals surface area contributed by atoms with Gasteiger partial charge in [0.1, 0.15) is 11.5 Å². The molecule has 3 rings (SSSR count). The minimum atomic E-state index is -0.0240. The maximum absolute atomic E-state index is 10.1. The van der Waals surface area contributed by atoms with Crippen molar-refractivity contribution >= 4 is 78.9 Å². The van der Waals surface area contributed by atoms with Crippen molar-refractivity contribution in [1.29, 1.82) is 0 Å². The second kappa shape index (κ2) is 9.30. The fraction of sp³-hybridized carbons (Fsp3) is 0.0476. The molecule has 0 heterocycles. The van der Waals surface area contributed by atoms with E-state index in [2.05, 4.69) is 41.8 Å². The lowest BCUT2D eigenvalue weighted by Gasteiger charge is -2.05. The Morgan fingerprint density at radius 1 is 0.793 bits per heavy atom. The lowest BCUT2D eigenvalue weighted by Crippen LogP contribution is -1.85. The van der Waals surface area contributed by atoms with Crippen LogP contribution in [-0.2, 0) is 0 Å². The van der Waals surface area contributed by atoms with Crippen LogP contribution in [0.25, 0.3) is 0 Å². The zero-order valence-corrected chi connectivity index (χ0v) is 19.7. The number of halogens is 4. The molecule has 3 aromatic carbocycles. The van der Waals surface area contributed by atoms with E-state index in [-0.39, 0.29) is 21.5 Å². The number of phenolic OH excluding ortho intramolecular Hbond substituents is 2. The van der Waals surface area contributed by atoms with E-state index in [1.165, 1.54) is 0 Å². The van der Waals surface area contributed by atoms with Gasteiger partial charge in [-0.3, -0.25) is 9.98 Å². The predicted molar refractivity (Wildman–Crippen MR) is 127 cm³/mol. The molecule has 29 heavy (non-hydrogen) atoms. The van der Waals surface area contributed by atoms with Crippen LogP contribution in [0, 0.1) is 6.92 Å². The zero-order valence-electron chi connectivity index (χ0n) is 15.0. The van der Waals surface area contributed by atoms with Crippen LogP contribution in [0.3, 0.4) is 0 Å². The molecule has 0 atom stereocenters. The molecule has 4 nitrogen and oxygen atoms in total. The molecule has 8 heteroatoms. The zero-order chi connectivity index (χ0) is 21.1. The molecule has 0 aromatic heterocycles. The first-order valence-electron chi connectivity index (χ1n) is 8.29. The van der Waals surface area contributed by atoms with E-state index < -0.39 is 0 Å². The van der Waals surface area contributed by atoms with E-state index in [0.29, 0.717) is 16.8 Å². The Morgan fingerprint density at radius 3 is 1.83 bits per heavy atom. The number of aryl methyl sites for hydroxylation is 1. The first-order valence-corrected chi connectivity index (χ1v) is 10.6. The summed E-state index contributed by atoms with van der Waals surface area (Å²) < 4.78 is 1.50. The molecule has 3 aromatic rings. The summed E-state index contributed by atoms with van der Waals surface area (Å²) in [5.41, 5.74) is 3.34. The van der Waals surface area contributed by atoms with Crippen molar-refractivity contribution < 1.29 is 10.2 Å². The molecule has 0 unspecified atom stereocenters. The molecule has 0 aliphatic rings. The van der Waals surface area contributed by atoms with Crippen LogP contribution in [-0.4, -0.2) is 22.6 Å². The van der Waals surface area contributed by atoms with Crippen LogP contribution >= 0.6 is 55.1 Å². The highest BCUT2D eigenvalue weighted by Gasteiger charge is 2.07. The summed E-state index contributed by atoms with van der Waals surface area (Å²) in [5.74, 6) is -0.0472. The van der Waals surface area contributed by atoms with E-state index in [0.717, 1.165) is 20.2 Å². The summed E-state index contributed by atoms with van der Waals surface area (Å²) in [7, 11) is 0. The van der Waals surface area contributed by atoms with Gasteiger partial charge in [0.15, 0.2) is 0 Å². The SMILES string of the molecule is Cc1cc(N=Cc2cc(Br)cc(Cl)c2O)ccc1N=Cc1cc(Br)cc(Cl)c1O. The van der Waals surface area contributed by atoms with Crippen LogP contribution < -0.4 is 0 Å². The summed E-state index contributed by atoms with van der Waals surface area (Å²) in [6, 6.07) is 12.2. The normalized spacial score (nSPS) is 11.6. The van der Waals surface area contributed by atoms with Crippen molar-refractivity contribution in [3.8, 4) is 11.5 Å². The first kappa shape index (κ1) is 21.8. The monoisotopic (exact) mass is 554 g/mol. The number of aromatic hydroxyl groups is 2. The molecule has 0 radical (unpaired) electrons. The van der Waals surface area contributed by atoms with Crippen molar-refractivity contribution in [1.82, 2.24) is 0 Å². The maximum Gasteiger partial charge on any atom is 0.143 e. The van der Waals surface area contributed by atoms with Crippen LogP contribution in [0.2, 0.25) is 10.0 Å². The minimum absolute atomic E-state index is 0.0232. The number of hydrogen-bond acceptors (Lipinski definition) is 4. The van der Waals surface area contributed by atoms with Crippen LogP contribution in [0.15, 0.2) is 61.4 Å². The molecular formula is C21H14Br2Cl2N2O2. The van der Waals surface area contributed by atoms with E-state index in [4.69, 9.17) is 23.2 Å². The van der Waals surface area contributed by atoms with Gasteiger partial charge in [-0.15, -0.1) is 0 Å². The van der Waals surface area contributed by atoms with Crippen molar-refractivity contribution in [2.75, 3.05) is 0 Å². The standard InChI is InChI=1S/C21H14Br2Cl2N2O2/c1-11-4-16(26-9-12-5-14(22)7-17(24)20(12)28)2-3-19(11)27-10-13-6-15(23)8-18(25)21(13)29/h2-10,28-29H,1H3. The van der Waals surface area contributed by atoms with Gasteiger partial charge in [0.25, 0.3) is 0 Å². The number of aliphatic imine (C=N–C) groups is 2. The van der Waals surface area contributed by atoms with Crippen LogP contribution in [0.4, 0.5) is 11.4 Å². The fourth-order valence-electron chi connectivity index (χ4n) is 2.52. The van der Waals surface area contributed by atoms with Gasteiger partial charge in [0.05, 0.1) is 21.4 Å². The highest BCUT2D eigenvalue weighted by atomic mass is 79.9. The van der Waals surface area contributed by atoms with Crippen molar-refractivity contribution in [3.63, 3.8) is 0 Å². The van der Waals surface area contributed by atoms with Gasteiger partial charge in [-0.25, -0.2) is 0 Å². The second-order valence-corrected chi connectivity index (χ2v) is 8.78. The van der Waals surface area contributed by atoms with Crippen molar-refractivity contribution in [3.05, 3.63) is 78.1 Å². The molecule has 0 saturated carbocycles. The van der Waals surface area contributed by atoms with E-state index in [1.54, 1.807) is 42.8 Å². The Hall–Kier alpha value is -1.86. The molecule has 0 aliphatic carbocycles. The summed E-state index contributed by atoms with van der Waals surface area (Å²) in [6.07, 6.45) is 3.10. The molecule has 0 amide bonds. The van der Waals surface area contributed by atoms with Crippen molar-refractivity contribution in [2.24, 2.45) is 9.98 Å². The Bertz CT molecular complexity index is 1150. The third kappa shape index (κ3) is 5.39. The molecule has 0 bridgehead atoms. The van der Waals surface area contributed by atoms with Gasteiger partial charge in [0, 0.05) is 32.5 Å². The predicted octanol–water partition coefficient (Wildman–Crippen LogP) is 7.74. The van der Waals surface area contributed by atoms with E-state index in [1.807, 2.05) is 19.1 Å². The number of hydrogen-bond donors (Lipinski definition) is 2. The molecule has 0 spiro atoms. The number of rotatable bonds is 4. The van der Waals surface area contributed by atoms with E-state index >= 15 is 0 Å². The summed E-state index contributed by atoms with van der Waals surface area (Å²) in [6.45, 7) is 1.91. The topological polar surface area (TPSA) is 65.2 Å². The smallest absolute Gasteiger partial charge is 0.143 e. The van der Waals surface area contributed by atoms with Gasteiger partial charge in [-0.2, -0.15) is 0 Å². The Kier molecular flexibility index (Phi) is 7.01. The molecule has 148 valence electrons. The third-order valence-corrected chi connectivity index (χ3v) is 5.48. The summed E-state index contributed by atoms with van der Waals surface area (Å²) in [4.78, 5) is 8.83. The fourth-order valence-corrected chi connectivity index (χ4v) is 4.18. The Labute approximate surface area is 194 Å². The average molecular weight is 557 g/mol. The largest absolute Gasteiger partial charge is 0.506 e. The molecule has 0 saturated heterocycles. The highest BCUT2D eigenvalue weighted by molar-refractivity contribution is 9.10. The lowest BCUT2D eigenvalue weighted by atomic mass is 10.1. The number of phenols is 2. The molecule has 0 fully saturated rings. The Morgan fingerprint density at radius 2 is 1.31 bits per heavy atom. The van der Waals surface area contributed by atoms with Crippen LogP contribution in [0.5, 0.6) is 11.5 Å². The van der Waals surface area contributed by atoms with Gasteiger partial charge in [-0.05, 0) is 55.0 Å². The summed E-state index contributed by atoms with van der Waals surface area (Å²) in [5, 5.41) is 20.6. The number of benzene rings is 3. The molecule has 0 aliphatic heterocycles. The van der Waals surface area contributed by atoms with Gasteiger partial charge in [0.2, 0.25) is 0 Å². The average Bonchev–Trinajstić information content (AvgIpc) is 2.66. The van der Waals surface area contributed by atoms with Gasteiger partial charge < -0.3 is 10.2 Å². The van der Waals surface area contributed by atoms with Crippen LogP contribution in [0.1, 0.15) is 16.7 Å².